The van der Waals surface area contributed by atoms with E-state index >= 15 is 0 Å². The van der Waals surface area contributed by atoms with Gasteiger partial charge in [0.2, 0.25) is 0 Å². The lowest BCUT2D eigenvalue weighted by atomic mass is 10.3. The number of pyridine rings is 1. The molecule has 3 aromatic rings. The van der Waals surface area contributed by atoms with Crippen LogP contribution in [0.5, 0.6) is 0 Å². The molecule has 0 fully saturated rings. The molecule has 0 aliphatic heterocycles. The van der Waals surface area contributed by atoms with Gasteiger partial charge in [0.05, 0.1) is 11.9 Å². The van der Waals surface area contributed by atoms with Crippen LogP contribution in [0.15, 0.2) is 35.0 Å². The fraction of sp³-hybridized carbons (Fsp3) is 0. The molecule has 0 aliphatic rings. The number of imidazole rings is 1. The SMILES string of the molecule is O=C(O)c1ccnc(Sc2ncnc3nc[nH]c23)c1F. The largest absolute Gasteiger partial charge is 0.478 e. The van der Waals surface area contributed by atoms with Gasteiger partial charge in [-0.1, -0.05) is 0 Å². The topological polar surface area (TPSA) is 105 Å². The minimum Gasteiger partial charge on any atom is -0.478 e. The third-order valence-electron chi connectivity index (χ3n) is 2.47. The predicted octanol–water partition coefficient (Wildman–Crippen LogP) is 1.74. The molecule has 3 rings (SSSR count). The molecule has 20 heavy (non-hydrogen) atoms. The second-order valence-corrected chi connectivity index (χ2v) is 4.64. The Balaban J connectivity index is 2.05. The molecule has 0 atom stereocenters. The van der Waals surface area contributed by atoms with Gasteiger partial charge in [-0.2, -0.15) is 0 Å². The first-order valence-electron chi connectivity index (χ1n) is 5.36. The van der Waals surface area contributed by atoms with Crippen LogP contribution in [0.4, 0.5) is 4.39 Å². The highest BCUT2D eigenvalue weighted by Crippen LogP contribution is 2.30. The highest BCUT2D eigenvalue weighted by atomic mass is 32.2. The number of carbonyl (C=O) groups is 1. The van der Waals surface area contributed by atoms with E-state index < -0.39 is 17.3 Å². The smallest absolute Gasteiger partial charge is 0.338 e. The van der Waals surface area contributed by atoms with Gasteiger partial charge < -0.3 is 10.1 Å². The first-order chi connectivity index (χ1) is 9.66. The number of fused-ring (bicyclic) bond motifs is 1. The molecule has 7 nitrogen and oxygen atoms in total. The fourth-order valence-electron chi connectivity index (χ4n) is 1.57. The highest BCUT2D eigenvalue weighted by molar-refractivity contribution is 7.99. The summed E-state index contributed by atoms with van der Waals surface area (Å²) in [5.41, 5.74) is 0.550. The van der Waals surface area contributed by atoms with Crippen molar-refractivity contribution in [1.29, 1.82) is 0 Å². The number of hydrogen-bond donors (Lipinski definition) is 2. The lowest BCUT2D eigenvalue weighted by molar-refractivity contribution is 0.0691. The van der Waals surface area contributed by atoms with Crippen molar-refractivity contribution in [3.8, 4) is 0 Å². The zero-order valence-corrected chi connectivity index (χ0v) is 10.6. The molecule has 0 radical (unpaired) electrons. The summed E-state index contributed by atoms with van der Waals surface area (Å²) in [6.45, 7) is 0. The molecule has 0 spiro atoms. The lowest BCUT2D eigenvalue weighted by Crippen LogP contribution is -2.03. The molecule has 0 aromatic carbocycles. The minimum atomic E-state index is -1.35. The third kappa shape index (κ3) is 2.07. The predicted molar refractivity (Wildman–Crippen MR) is 67.0 cm³/mol. The van der Waals surface area contributed by atoms with Crippen molar-refractivity contribution in [3.05, 3.63) is 36.3 Å². The monoisotopic (exact) mass is 291 g/mol. The van der Waals surface area contributed by atoms with Gasteiger partial charge in [0.15, 0.2) is 11.5 Å². The molecule has 9 heteroatoms. The average molecular weight is 291 g/mol. The first-order valence-corrected chi connectivity index (χ1v) is 6.18. The molecular formula is C11H6FN5O2S. The molecule has 0 saturated carbocycles. The van der Waals surface area contributed by atoms with Gasteiger partial charge in [-0.25, -0.2) is 29.1 Å². The molecule has 0 unspecified atom stereocenters. The standard InChI is InChI=1S/C11H6FN5O2S/c12-6-5(11(18)19)1-2-13-9(6)20-10-7-8(15-3-14-7)16-4-17-10/h1-4H,(H,18,19)(H,14,15,16,17). The Morgan fingerprint density at radius 2 is 2.10 bits per heavy atom. The van der Waals surface area contributed by atoms with Crippen LogP contribution in [0.1, 0.15) is 10.4 Å². The van der Waals surface area contributed by atoms with E-state index in [1.54, 1.807) is 0 Å². The van der Waals surface area contributed by atoms with Crippen LogP contribution >= 0.6 is 11.8 Å². The minimum absolute atomic E-state index is 0.0699. The van der Waals surface area contributed by atoms with Crippen molar-refractivity contribution in [3.63, 3.8) is 0 Å². The molecule has 2 N–H and O–H groups in total. The maximum absolute atomic E-state index is 14.0. The average Bonchev–Trinajstić information content (AvgIpc) is 2.90. The van der Waals surface area contributed by atoms with Crippen LogP contribution in [-0.2, 0) is 0 Å². The van der Waals surface area contributed by atoms with E-state index in [1.165, 1.54) is 18.9 Å². The van der Waals surface area contributed by atoms with Gasteiger partial charge in [-0.3, -0.25) is 0 Å². The number of nitrogens with one attached hydrogen (secondary N) is 1. The van der Waals surface area contributed by atoms with Crippen molar-refractivity contribution in [2.75, 3.05) is 0 Å². The Hall–Kier alpha value is -2.55. The van der Waals surface area contributed by atoms with Gasteiger partial charge >= 0.3 is 5.97 Å². The summed E-state index contributed by atoms with van der Waals surface area (Å²) in [7, 11) is 0. The lowest BCUT2D eigenvalue weighted by Gasteiger charge is -2.04. The number of carboxylic acid groups (broad SMARTS) is 1. The Bertz CT molecular complexity index is 806. The number of carboxylic acids is 1. The molecular weight excluding hydrogens is 285 g/mol. The summed E-state index contributed by atoms with van der Waals surface area (Å²) in [6.07, 6.45) is 3.98. The van der Waals surface area contributed by atoms with E-state index in [2.05, 4.69) is 24.9 Å². The van der Waals surface area contributed by atoms with Crippen molar-refractivity contribution in [1.82, 2.24) is 24.9 Å². The molecule has 0 amide bonds. The summed E-state index contributed by atoms with van der Waals surface area (Å²) in [4.78, 5) is 29.5. The van der Waals surface area contributed by atoms with Crippen LogP contribution in [0, 0.1) is 5.82 Å². The normalized spacial score (nSPS) is 10.8. The maximum Gasteiger partial charge on any atom is 0.338 e. The zero-order valence-electron chi connectivity index (χ0n) is 9.74. The van der Waals surface area contributed by atoms with Gasteiger partial charge in [0.1, 0.15) is 21.9 Å². The number of H-pyrrole nitrogens is 1. The van der Waals surface area contributed by atoms with E-state index in [4.69, 9.17) is 5.11 Å². The molecule has 3 aromatic heterocycles. The molecule has 0 aliphatic carbocycles. The summed E-state index contributed by atoms with van der Waals surface area (Å²) in [5, 5.41) is 9.22. The number of aromatic amines is 1. The Morgan fingerprint density at radius 1 is 1.25 bits per heavy atom. The molecule has 0 bridgehead atoms. The van der Waals surface area contributed by atoms with Crippen LogP contribution in [0.3, 0.4) is 0 Å². The Morgan fingerprint density at radius 3 is 2.90 bits per heavy atom. The van der Waals surface area contributed by atoms with Crippen LogP contribution in [0.2, 0.25) is 0 Å². The summed E-state index contributed by atoms with van der Waals surface area (Å²) in [5.74, 6) is -2.24. The fourth-order valence-corrected chi connectivity index (χ4v) is 2.42. The first kappa shape index (κ1) is 12.5. The third-order valence-corrected chi connectivity index (χ3v) is 3.45. The second-order valence-electron chi connectivity index (χ2n) is 3.66. The van der Waals surface area contributed by atoms with Crippen molar-refractivity contribution in [2.24, 2.45) is 0 Å². The van der Waals surface area contributed by atoms with E-state index in [0.29, 0.717) is 16.2 Å². The summed E-state index contributed by atoms with van der Waals surface area (Å²) < 4.78 is 14.0. The molecule has 0 saturated heterocycles. The maximum atomic E-state index is 14.0. The van der Waals surface area contributed by atoms with Crippen molar-refractivity contribution >= 4 is 28.9 Å². The number of nitrogens with zero attached hydrogens (tertiary/aromatic N) is 4. The Labute approximate surface area is 115 Å². The second kappa shape index (κ2) is 4.85. The van der Waals surface area contributed by atoms with Gasteiger partial charge in [0, 0.05) is 6.20 Å². The van der Waals surface area contributed by atoms with Crippen LogP contribution in [0.25, 0.3) is 11.2 Å². The van der Waals surface area contributed by atoms with Crippen molar-refractivity contribution < 1.29 is 14.3 Å². The van der Waals surface area contributed by atoms with E-state index in [9.17, 15) is 9.18 Å². The van der Waals surface area contributed by atoms with E-state index in [0.717, 1.165) is 17.8 Å². The number of hydrogen-bond acceptors (Lipinski definition) is 6. The van der Waals surface area contributed by atoms with E-state index in [-0.39, 0.29) is 5.03 Å². The van der Waals surface area contributed by atoms with Gasteiger partial charge in [-0.15, -0.1) is 0 Å². The van der Waals surface area contributed by atoms with Crippen LogP contribution < -0.4 is 0 Å². The van der Waals surface area contributed by atoms with Gasteiger partial charge in [0.25, 0.3) is 0 Å². The highest BCUT2D eigenvalue weighted by Gasteiger charge is 2.17. The number of aromatic carboxylic acids is 1. The van der Waals surface area contributed by atoms with Gasteiger partial charge in [-0.05, 0) is 17.8 Å². The zero-order chi connectivity index (χ0) is 14.1. The van der Waals surface area contributed by atoms with Crippen molar-refractivity contribution in [2.45, 2.75) is 10.1 Å². The number of aromatic nitrogens is 5. The van der Waals surface area contributed by atoms with Crippen LogP contribution in [-0.4, -0.2) is 36.0 Å². The quantitative estimate of drug-likeness (QED) is 0.708. The Kier molecular flexibility index (Phi) is 3.03. The number of rotatable bonds is 3. The summed E-state index contributed by atoms with van der Waals surface area (Å²) >= 11 is 0.908. The summed E-state index contributed by atoms with van der Waals surface area (Å²) in [6, 6.07) is 1.10. The molecule has 3 heterocycles. The number of halogens is 1. The van der Waals surface area contributed by atoms with E-state index in [1.807, 2.05) is 0 Å². The molecule has 100 valence electrons.